The van der Waals surface area contributed by atoms with Gasteiger partial charge in [0.05, 0.1) is 11.9 Å². The van der Waals surface area contributed by atoms with Crippen LogP contribution < -0.4 is 0 Å². The van der Waals surface area contributed by atoms with Crippen molar-refractivity contribution in [2.75, 3.05) is 0 Å². The van der Waals surface area contributed by atoms with Gasteiger partial charge in [-0.05, 0) is 31.9 Å². The van der Waals surface area contributed by atoms with Gasteiger partial charge >= 0.3 is 0 Å². The molecule has 3 aromatic rings. The number of aryl methyl sites for hydroxylation is 3. The average Bonchev–Trinajstić information content (AvgIpc) is 2.90. The maximum atomic E-state index is 4.71. The number of hydrogen-bond donors (Lipinski definition) is 0. The van der Waals surface area contributed by atoms with Crippen LogP contribution in [0.25, 0.3) is 16.2 Å². The van der Waals surface area contributed by atoms with Crippen LogP contribution in [0.5, 0.6) is 0 Å². The van der Waals surface area contributed by atoms with Crippen molar-refractivity contribution in [3.63, 3.8) is 0 Å². The molecule has 0 aliphatic heterocycles. The van der Waals surface area contributed by atoms with Gasteiger partial charge in [0.1, 0.15) is 5.01 Å². The van der Waals surface area contributed by atoms with Crippen molar-refractivity contribution in [1.29, 1.82) is 0 Å². The average molecular weight is 271 g/mol. The first-order chi connectivity index (χ1) is 9.17. The Balaban J connectivity index is 2.05. The molecule has 3 nitrogen and oxygen atoms in total. The number of benzene rings is 1. The van der Waals surface area contributed by atoms with Gasteiger partial charge in [-0.1, -0.05) is 36.0 Å². The summed E-state index contributed by atoms with van der Waals surface area (Å²) in [5.41, 5.74) is 4.74. The fourth-order valence-electron chi connectivity index (χ4n) is 2.20. The molecule has 0 aliphatic carbocycles. The second kappa shape index (κ2) is 4.78. The highest BCUT2D eigenvalue weighted by molar-refractivity contribution is 7.16. The SMILES string of the molecule is CCCc1nn2cc(-c3cc(C)ccc3C)nc2s1. The number of rotatable bonds is 3. The fraction of sp³-hybridized carbons (Fsp3) is 0.333. The van der Waals surface area contributed by atoms with Gasteiger partial charge in [-0.2, -0.15) is 5.10 Å². The van der Waals surface area contributed by atoms with E-state index in [1.807, 2.05) is 10.7 Å². The zero-order chi connectivity index (χ0) is 13.4. The first kappa shape index (κ1) is 12.4. The molecule has 0 atom stereocenters. The maximum absolute atomic E-state index is 4.71. The Morgan fingerprint density at radius 1 is 1.26 bits per heavy atom. The molecule has 0 radical (unpaired) electrons. The topological polar surface area (TPSA) is 30.2 Å². The van der Waals surface area contributed by atoms with Crippen molar-refractivity contribution in [3.8, 4) is 11.3 Å². The molecule has 1 aromatic carbocycles. The first-order valence-electron chi connectivity index (χ1n) is 6.60. The van der Waals surface area contributed by atoms with Gasteiger partial charge in [-0.15, -0.1) is 0 Å². The summed E-state index contributed by atoms with van der Waals surface area (Å²) in [6, 6.07) is 6.47. The van der Waals surface area contributed by atoms with E-state index in [4.69, 9.17) is 4.98 Å². The summed E-state index contributed by atoms with van der Waals surface area (Å²) < 4.78 is 1.91. The standard InChI is InChI=1S/C15H17N3S/c1-4-5-14-17-18-9-13(16-15(18)19-14)12-8-10(2)6-7-11(12)3/h6-9H,4-5H2,1-3H3. The van der Waals surface area contributed by atoms with Crippen molar-refractivity contribution in [1.82, 2.24) is 14.6 Å². The van der Waals surface area contributed by atoms with Crippen LogP contribution >= 0.6 is 11.3 Å². The number of nitrogens with zero attached hydrogens (tertiary/aromatic N) is 3. The third-order valence-corrected chi connectivity index (χ3v) is 4.20. The number of fused-ring (bicyclic) bond motifs is 1. The Morgan fingerprint density at radius 2 is 2.11 bits per heavy atom. The molecule has 3 rings (SSSR count). The second-order valence-corrected chi connectivity index (χ2v) is 5.96. The van der Waals surface area contributed by atoms with Gasteiger partial charge < -0.3 is 0 Å². The largest absolute Gasteiger partial charge is 0.217 e. The first-order valence-corrected chi connectivity index (χ1v) is 7.41. The number of imidazole rings is 1. The van der Waals surface area contributed by atoms with Crippen LogP contribution in [0.3, 0.4) is 0 Å². The van der Waals surface area contributed by atoms with E-state index in [0.29, 0.717) is 0 Å². The second-order valence-electron chi connectivity index (χ2n) is 4.92. The highest BCUT2D eigenvalue weighted by Crippen LogP contribution is 2.26. The summed E-state index contributed by atoms with van der Waals surface area (Å²) >= 11 is 1.69. The lowest BCUT2D eigenvalue weighted by molar-refractivity contribution is 0.849. The van der Waals surface area contributed by atoms with Gasteiger partial charge in [0, 0.05) is 12.0 Å². The van der Waals surface area contributed by atoms with E-state index in [1.165, 1.54) is 16.7 Å². The minimum absolute atomic E-state index is 0.986. The lowest BCUT2D eigenvalue weighted by Gasteiger charge is -2.03. The Labute approximate surface area is 116 Å². The van der Waals surface area contributed by atoms with E-state index >= 15 is 0 Å². The number of hydrogen-bond acceptors (Lipinski definition) is 3. The third-order valence-electron chi connectivity index (χ3n) is 3.22. The van der Waals surface area contributed by atoms with Gasteiger partial charge in [0.25, 0.3) is 0 Å². The molecule has 0 N–H and O–H groups in total. The fourth-order valence-corrected chi connectivity index (χ4v) is 3.17. The van der Waals surface area contributed by atoms with E-state index in [1.54, 1.807) is 11.3 Å². The lowest BCUT2D eigenvalue weighted by atomic mass is 10.0. The lowest BCUT2D eigenvalue weighted by Crippen LogP contribution is -1.87. The summed E-state index contributed by atoms with van der Waals surface area (Å²) in [6.45, 7) is 6.41. The van der Waals surface area contributed by atoms with Crippen LogP contribution in [-0.4, -0.2) is 14.6 Å². The molecule has 0 spiro atoms. The van der Waals surface area contributed by atoms with Crippen LogP contribution in [0.2, 0.25) is 0 Å². The molecule has 0 unspecified atom stereocenters. The molecule has 0 amide bonds. The van der Waals surface area contributed by atoms with Gasteiger partial charge in [-0.3, -0.25) is 0 Å². The number of aromatic nitrogens is 3. The van der Waals surface area contributed by atoms with E-state index in [-0.39, 0.29) is 0 Å². The van der Waals surface area contributed by atoms with Crippen LogP contribution in [0, 0.1) is 13.8 Å². The van der Waals surface area contributed by atoms with Gasteiger partial charge in [0.15, 0.2) is 0 Å². The third kappa shape index (κ3) is 2.28. The normalized spacial score (nSPS) is 11.3. The van der Waals surface area contributed by atoms with E-state index in [9.17, 15) is 0 Å². The van der Waals surface area contributed by atoms with Crippen LogP contribution in [-0.2, 0) is 6.42 Å². The molecule has 0 bridgehead atoms. The van der Waals surface area contributed by atoms with Crippen molar-refractivity contribution in [2.24, 2.45) is 0 Å². The Hall–Kier alpha value is -1.68. The van der Waals surface area contributed by atoms with Crippen LogP contribution in [0.1, 0.15) is 29.5 Å². The summed E-state index contributed by atoms with van der Waals surface area (Å²) in [4.78, 5) is 5.69. The maximum Gasteiger partial charge on any atom is 0.212 e. The zero-order valence-electron chi connectivity index (χ0n) is 11.5. The molecule has 0 saturated heterocycles. The zero-order valence-corrected chi connectivity index (χ0v) is 12.3. The van der Waals surface area contributed by atoms with Crippen LogP contribution in [0.15, 0.2) is 24.4 Å². The molecule has 0 saturated carbocycles. The molecule has 4 heteroatoms. The minimum atomic E-state index is 0.986. The summed E-state index contributed by atoms with van der Waals surface area (Å²) in [6.07, 6.45) is 4.19. The minimum Gasteiger partial charge on any atom is -0.217 e. The van der Waals surface area contributed by atoms with Crippen molar-refractivity contribution < 1.29 is 0 Å². The molecule has 0 fully saturated rings. The van der Waals surface area contributed by atoms with Crippen LogP contribution in [0.4, 0.5) is 0 Å². The van der Waals surface area contributed by atoms with Crippen molar-refractivity contribution in [2.45, 2.75) is 33.6 Å². The van der Waals surface area contributed by atoms with E-state index in [2.05, 4.69) is 44.1 Å². The smallest absolute Gasteiger partial charge is 0.212 e. The molecular weight excluding hydrogens is 254 g/mol. The highest BCUT2D eigenvalue weighted by Gasteiger charge is 2.11. The predicted octanol–water partition coefficient (Wildman–Crippen LogP) is 4.03. The van der Waals surface area contributed by atoms with Gasteiger partial charge in [0.2, 0.25) is 4.96 Å². The van der Waals surface area contributed by atoms with Crippen molar-refractivity contribution >= 4 is 16.3 Å². The molecular formula is C15H17N3S. The molecule has 98 valence electrons. The Morgan fingerprint density at radius 3 is 2.84 bits per heavy atom. The monoisotopic (exact) mass is 271 g/mol. The highest BCUT2D eigenvalue weighted by atomic mass is 32.1. The van der Waals surface area contributed by atoms with E-state index in [0.717, 1.165) is 28.5 Å². The molecule has 0 aliphatic rings. The molecule has 2 aromatic heterocycles. The predicted molar refractivity (Wildman–Crippen MR) is 79.8 cm³/mol. The van der Waals surface area contributed by atoms with Gasteiger partial charge in [-0.25, -0.2) is 9.50 Å². The Kier molecular flexibility index (Phi) is 3.11. The van der Waals surface area contributed by atoms with E-state index < -0.39 is 0 Å². The molecule has 19 heavy (non-hydrogen) atoms. The summed E-state index contributed by atoms with van der Waals surface area (Å²) in [5.74, 6) is 0. The Bertz CT molecular complexity index is 693. The van der Waals surface area contributed by atoms with Crippen molar-refractivity contribution in [3.05, 3.63) is 40.5 Å². The molecule has 2 heterocycles. The quantitative estimate of drug-likeness (QED) is 0.720. The summed E-state index contributed by atoms with van der Waals surface area (Å²) in [5, 5.41) is 5.74. The summed E-state index contributed by atoms with van der Waals surface area (Å²) in [7, 11) is 0.